The second-order valence-electron chi connectivity index (χ2n) is 4.42. The zero-order chi connectivity index (χ0) is 16.3. The van der Waals surface area contributed by atoms with Gasteiger partial charge in [-0.15, -0.1) is 0 Å². The third kappa shape index (κ3) is 3.35. The molecule has 0 heterocycles. The first-order valence-electron chi connectivity index (χ1n) is 6.16. The molecule has 0 amide bonds. The van der Waals surface area contributed by atoms with Gasteiger partial charge in [-0.05, 0) is 35.4 Å². The van der Waals surface area contributed by atoms with Crippen molar-refractivity contribution in [3.8, 4) is 5.75 Å². The van der Waals surface area contributed by atoms with E-state index < -0.39 is 6.16 Å². The molecule has 5 nitrogen and oxygen atoms in total. The summed E-state index contributed by atoms with van der Waals surface area (Å²) in [6, 6.07) is 10.6. The Balaban J connectivity index is 0.000000396. The molecule has 0 unspecified atom stereocenters. The Kier molecular flexibility index (Phi) is 4.62. The Bertz CT molecular complexity index is 776. The second kappa shape index (κ2) is 6.44. The number of carbonyl (C=O) groups excluding carboxylic acids is 1. The molecule has 1 aliphatic carbocycles. The van der Waals surface area contributed by atoms with Crippen LogP contribution < -0.4 is 0 Å². The number of ketones is 1. The first kappa shape index (κ1) is 15.8. The molecule has 0 spiro atoms. The molecule has 0 fully saturated rings. The van der Waals surface area contributed by atoms with Crippen molar-refractivity contribution in [1.29, 1.82) is 0 Å². The van der Waals surface area contributed by atoms with Crippen molar-refractivity contribution in [1.82, 2.24) is 0 Å². The lowest BCUT2D eigenvalue weighted by Gasteiger charge is -2.13. The Morgan fingerprint density at radius 2 is 1.45 bits per heavy atom. The molecule has 0 aliphatic heterocycles. The molecule has 112 valence electrons. The smallest absolute Gasteiger partial charge is 0.503 e. The minimum absolute atomic E-state index is 0.0267. The van der Waals surface area contributed by atoms with Gasteiger partial charge in [-0.2, -0.15) is 0 Å². The van der Waals surface area contributed by atoms with E-state index in [-0.39, 0.29) is 11.5 Å². The highest BCUT2D eigenvalue weighted by molar-refractivity contribution is 9.10. The van der Waals surface area contributed by atoms with Crippen molar-refractivity contribution in [3.63, 3.8) is 0 Å². The van der Waals surface area contributed by atoms with E-state index in [4.69, 9.17) is 15.0 Å². The first-order chi connectivity index (χ1) is 10.4. The molecule has 22 heavy (non-hydrogen) atoms. The van der Waals surface area contributed by atoms with Crippen LogP contribution in [-0.4, -0.2) is 27.3 Å². The minimum Gasteiger partial charge on any atom is -0.507 e. The molecule has 0 atom stereocenters. The number of aromatic hydroxyl groups is 1. The van der Waals surface area contributed by atoms with Crippen LogP contribution in [0, 0.1) is 0 Å². The molecule has 6 heteroatoms. The lowest BCUT2D eigenvalue weighted by Crippen LogP contribution is -2.05. The summed E-state index contributed by atoms with van der Waals surface area (Å²) >= 11 is 3.35. The van der Waals surface area contributed by atoms with Crippen LogP contribution in [0.1, 0.15) is 27.0 Å². The molecule has 3 N–H and O–H groups in total. The van der Waals surface area contributed by atoms with E-state index in [9.17, 15) is 9.90 Å². The monoisotopic (exact) mass is 362 g/mol. The molecule has 2 aromatic rings. The maximum atomic E-state index is 12.4. The highest BCUT2D eigenvalue weighted by atomic mass is 79.9. The van der Waals surface area contributed by atoms with Gasteiger partial charge in [-0.25, -0.2) is 4.79 Å². The number of carbonyl (C=O) groups is 2. The summed E-state index contributed by atoms with van der Waals surface area (Å²) in [6.07, 6.45) is 1.99. The van der Waals surface area contributed by atoms with Crippen LogP contribution in [0.2, 0.25) is 0 Å². The van der Waals surface area contributed by atoms with Gasteiger partial charge in [0.1, 0.15) is 5.75 Å². The fraction of sp³-hybridized carbons (Fsp3) is 0. The third-order valence-corrected chi connectivity index (χ3v) is 3.70. The van der Waals surface area contributed by atoms with E-state index in [1.807, 2.05) is 24.3 Å². The zero-order valence-electron chi connectivity index (χ0n) is 11.2. The first-order valence-corrected chi connectivity index (χ1v) is 6.95. The fourth-order valence-corrected chi connectivity index (χ4v) is 2.43. The van der Waals surface area contributed by atoms with Crippen LogP contribution in [0.3, 0.4) is 0 Å². The SMILES string of the molecule is O=C(O)O.O=C(c1cc2c(cc1O)C=C2)c1ccccc1Br. The summed E-state index contributed by atoms with van der Waals surface area (Å²) in [7, 11) is 0. The molecular weight excluding hydrogens is 352 g/mol. The number of benzene rings is 2. The zero-order valence-corrected chi connectivity index (χ0v) is 12.7. The van der Waals surface area contributed by atoms with Crippen molar-refractivity contribution in [2.24, 2.45) is 0 Å². The number of fused-ring (bicyclic) bond motifs is 1. The largest absolute Gasteiger partial charge is 0.507 e. The van der Waals surface area contributed by atoms with Crippen molar-refractivity contribution in [2.45, 2.75) is 0 Å². The quantitative estimate of drug-likeness (QED) is 0.596. The number of hydrogen-bond acceptors (Lipinski definition) is 3. The molecule has 3 rings (SSSR count). The standard InChI is InChI=1S/C15H9BrO2.CH2O3/c16-13-4-2-1-3-11(13)15(18)12-7-9-5-6-10(9)8-14(12)17;2-1(3)4/h1-8,17H;(H2,2,3,4). The number of halogens is 1. The van der Waals surface area contributed by atoms with Crippen LogP contribution >= 0.6 is 15.9 Å². The van der Waals surface area contributed by atoms with Gasteiger partial charge in [0.05, 0.1) is 5.56 Å². The van der Waals surface area contributed by atoms with Gasteiger partial charge >= 0.3 is 6.16 Å². The second-order valence-corrected chi connectivity index (χ2v) is 5.28. The molecule has 0 saturated heterocycles. The van der Waals surface area contributed by atoms with Gasteiger partial charge in [0, 0.05) is 10.0 Å². The maximum Gasteiger partial charge on any atom is 0.503 e. The van der Waals surface area contributed by atoms with Gasteiger partial charge in [0.25, 0.3) is 0 Å². The van der Waals surface area contributed by atoms with Crippen LogP contribution in [0.4, 0.5) is 4.79 Å². The molecule has 2 aromatic carbocycles. The molecule has 1 aliphatic rings. The summed E-state index contributed by atoms with van der Waals surface area (Å²) in [5, 5.41) is 23.8. The van der Waals surface area contributed by atoms with Gasteiger partial charge in [0.2, 0.25) is 0 Å². The average Bonchev–Trinajstić information content (AvgIpc) is 2.42. The van der Waals surface area contributed by atoms with E-state index in [0.29, 0.717) is 11.1 Å². The number of carboxylic acid groups (broad SMARTS) is 2. The van der Waals surface area contributed by atoms with E-state index in [0.717, 1.165) is 15.6 Å². The summed E-state index contributed by atoms with van der Waals surface area (Å²) in [6.45, 7) is 0. The van der Waals surface area contributed by atoms with Crippen LogP contribution in [-0.2, 0) is 0 Å². The van der Waals surface area contributed by atoms with E-state index in [1.165, 1.54) is 0 Å². The minimum atomic E-state index is -1.83. The summed E-state index contributed by atoms with van der Waals surface area (Å²) in [5.41, 5.74) is 2.85. The number of phenolic OH excluding ortho intramolecular Hbond substituents is 1. The lowest BCUT2D eigenvalue weighted by molar-refractivity contribution is 0.103. The number of hydrogen-bond donors (Lipinski definition) is 3. The van der Waals surface area contributed by atoms with Crippen molar-refractivity contribution in [3.05, 3.63) is 63.1 Å². The van der Waals surface area contributed by atoms with Gasteiger partial charge in [0.15, 0.2) is 5.78 Å². The number of phenols is 1. The summed E-state index contributed by atoms with van der Waals surface area (Å²) in [5.74, 6) is -0.151. The van der Waals surface area contributed by atoms with Crippen molar-refractivity contribution < 1.29 is 24.9 Å². The predicted molar refractivity (Wildman–Crippen MR) is 85.3 cm³/mol. The lowest BCUT2D eigenvalue weighted by atomic mass is 9.92. The normalized spacial score (nSPS) is 10.8. The molecule has 0 radical (unpaired) electrons. The van der Waals surface area contributed by atoms with Gasteiger partial charge in [-0.1, -0.05) is 40.2 Å². The fourth-order valence-electron chi connectivity index (χ4n) is 1.97. The molecular formula is C16H11BrO5. The van der Waals surface area contributed by atoms with E-state index in [2.05, 4.69) is 15.9 Å². The molecule has 0 bridgehead atoms. The van der Waals surface area contributed by atoms with E-state index in [1.54, 1.807) is 24.3 Å². The average molecular weight is 363 g/mol. The summed E-state index contributed by atoms with van der Waals surface area (Å²) < 4.78 is 0.729. The number of rotatable bonds is 2. The van der Waals surface area contributed by atoms with Crippen molar-refractivity contribution >= 4 is 40.0 Å². The maximum absolute atomic E-state index is 12.4. The topological polar surface area (TPSA) is 94.8 Å². The van der Waals surface area contributed by atoms with Crippen LogP contribution in [0.15, 0.2) is 40.9 Å². The molecule has 0 saturated carbocycles. The third-order valence-electron chi connectivity index (χ3n) is 3.01. The Hall–Kier alpha value is -2.60. The Labute approximate surface area is 134 Å². The highest BCUT2D eigenvalue weighted by Crippen LogP contribution is 2.32. The van der Waals surface area contributed by atoms with Crippen LogP contribution in [0.5, 0.6) is 5.75 Å². The van der Waals surface area contributed by atoms with E-state index >= 15 is 0 Å². The van der Waals surface area contributed by atoms with Gasteiger partial charge in [-0.3, -0.25) is 4.79 Å². The van der Waals surface area contributed by atoms with Crippen LogP contribution in [0.25, 0.3) is 12.2 Å². The summed E-state index contributed by atoms with van der Waals surface area (Å²) in [4.78, 5) is 20.9. The van der Waals surface area contributed by atoms with Crippen molar-refractivity contribution in [2.75, 3.05) is 0 Å². The highest BCUT2D eigenvalue weighted by Gasteiger charge is 2.19. The Morgan fingerprint density at radius 1 is 0.909 bits per heavy atom. The molecule has 0 aromatic heterocycles. The predicted octanol–water partition coefficient (Wildman–Crippen LogP) is 4.09. The van der Waals surface area contributed by atoms with Gasteiger partial charge < -0.3 is 15.3 Å². The Morgan fingerprint density at radius 3 is 2.00 bits per heavy atom.